The van der Waals surface area contributed by atoms with Crippen LogP contribution in [-0.4, -0.2) is 41.9 Å². The molecule has 3 atom stereocenters. The van der Waals surface area contributed by atoms with Gasteiger partial charge in [0, 0.05) is 18.5 Å². The summed E-state index contributed by atoms with van der Waals surface area (Å²) in [5, 5.41) is 5.65. The highest BCUT2D eigenvalue weighted by Gasteiger charge is 2.51. The standard InChI is InChI=1S/C26H30F3N3O3/c1-25-15-21(17-8-7-9-18(14-17)35-2)32(22(25)12-5-6-13-23(33)31-25)16-24(34)30-20-11-4-3-10-19(20)26(27,28)29/h3-4,7-11,14,21-22H,5-6,12-13,15-16H2,1-2H3,(H,30,34)(H,31,33)/t21-,22-,25-/m0/s1. The van der Waals surface area contributed by atoms with Crippen molar-refractivity contribution in [2.45, 2.75) is 62.8 Å². The summed E-state index contributed by atoms with van der Waals surface area (Å²) >= 11 is 0. The summed E-state index contributed by atoms with van der Waals surface area (Å²) in [6.45, 7) is 1.88. The van der Waals surface area contributed by atoms with Gasteiger partial charge in [-0.25, -0.2) is 0 Å². The minimum Gasteiger partial charge on any atom is -0.497 e. The molecule has 0 aromatic heterocycles. The maximum Gasteiger partial charge on any atom is 0.418 e. The van der Waals surface area contributed by atoms with Crippen molar-refractivity contribution in [3.8, 4) is 5.75 Å². The lowest BCUT2D eigenvalue weighted by molar-refractivity contribution is -0.137. The Hall–Kier alpha value is -3.07. The van der Waals surface area contributed by atoms with E-state index in [2.05, 4.69) is 10.6 Å². The molecule has 2 aliphatic rings. The smallest absolute Gasteiger partial charge is 0.418 e. The van der Waals surface area contributed by atoms with E-state index < -0.39 is 23.2 Å². The van der Waals surface area contributed by atoms with E-state index in [-0.39, 0.29) is 30.2 Å². The molecular formula is C26H30F3N3O3. The van der Waals surface area contributed by atoms with Gasteiger partial charge in [-0.15, -0.1) is 0 Å². The molecule has 2 aliphatic heterocycles. The van der Waals surface area contributed by atoms with Gasteiger partial charge in [0.05, 0.1) is 30.4 Å². The molecule has 0 saturated carbocycles. The van der Waals surface area contributed by atoms with Crippen LogP contribution >= 0.6 is 0 Å². The molecule has 9 heteroatoms. The number of rotatable bonds is 5. The number of carbonyl (C=O) groups is 2. The highest BCUT2D eigenvalue weighted by atomic mass is 19.4. The predicted octanol–water partition coefficient (Wildman–Crippen LogP) is 4.92. The lowest BCUT2D eigenvalue weighted by Gasteiger charge is -2.38. The molecule has 2 heterocycles. The van der Waals surface area contributed by atoms with Crippen LogP contribution in [0.2, 0.25) is 0 Å². The van der Waals surface area contributed by atoms with Crippen LogP contribution in [0.25, 0.3) is 0 Å². The second-order valence-electron chi connectivity index (χ2n) is 9.49. The van der Waals surface area contributed by atoms with E-state index in [9.17, 15) is 22.8 Å². The van der Waals surface area contributed by atoms with Gasteiger partial charge in [-0.1, -0.05) is 30.7 Å². The molecule has 0 radical (unpaired) electrons. The molecule has 2 amide bonds. The van der Waals surface area contributed by atoms with Crippen molar-refractivity contribution < 1.29 is 27.5 Å². The van der Waals surface area contributed by atoms with Gasteiger partial charge in [0.25, 0.3) is 0 Å². The maximum absolute atomic E-state index is 13.4. The number of amides is 2. The number of likely N-dealkylation sites (tertiary alicyclic amines) is 1. The normalized spacial score (nSPS) is 25.2. The third-order valence-corrected chi connectivity index (χ3v) is 7.02. The minimum atomic E-state index is -4.58. The van der Waals surface area contributed by atoms with Gasteiger partial charge in [-0.3, -0.25) is 14.5 Å². The fourth-order valence-corrected chi connectivity index (χ4v) is 5.43. The van der Waals surface area contributed by atoms with Crippen LogP contribution in [0.3, 0.4) is 0 Å². The molecule has 0 spiro atoms. The zero-order chi connectivity index (χ0) is 25.2. The lowest BCUT2D eigenvalue weighted by Crippen LogP contribution is -2.56. The molecule has 2 N–H and O–H groups in total. The largest absolute Gasteiger partial charge is 0.497 e. The maximum atomic E-state index is 13.4. The first-order chi connectivity index (χ1) is 16.6. The van der Waals surface area contributed by atoms with E-state index >= 15 is 0 Å². The Morgan fingerprint density at radius 3 is 2.71 bits per heavy atom. The first kappa shape index (κ1) is 25.0. The third kappa shape index (κ3) is 5.45. The summed E-state index contributed by atoms with van der Waals surface area (Å²) in [4.78, 5) is 27.6. The summed E-state index contributed by atoms with van der Waals surface area (Å²) in [6.07, 6.45) is -1.20. The zero-order valence-electron chi connectivity index (χ0n) is 19.8. The fourth-order valence-electron chi connectivity index (χ4n) is 5.43. The van der Waals surface area contributed by atoms with Crippen LogP contribution < -0.4 is 15.4 Å². The molecule has 0 unspecified atom stereocenters. The predicted molar refractivity (Wildman–Crippen MR) is 126 cm³/mol. The molecule has 2 fully saturated rings. The van der Waals surface area contributed by atoms with Crippen molar-refractivity contribution in [3.63, 3.8) is 0 Å². The summed E-state index contributed by atoms with van der Waals surface area (Å²) in [7, 11) is 1.58. The van der Waals surface area contributed by atoms with E-state index in [4.69, 9.17) is 4.74 Å². The van der Waals surface area contributed by atoms with Gasteiger partial charge in [0.2, 0.25) is 11.8 Å². The van der Waals surface area contributed by atoms with E-state index in [1.54, 1.807) is 7.11 Å². The van der Waals surface area contributed by atoms with E-state index in [1.165, 1.54) is 18.2 Å². The number of alkyl halides is 3. The summed E-state index contributed by atoms with van der Waals surface area (Å²) < 4.78 is 45.7. The van der Waals surface area contributed by atoms with Crippen molar-refractivity contribution >= 4 is 17.5 Å². The highest BCUT2D eigenvalue weighted by molar-refractivity contribution is 5.93. The molecule has 2 saturated heterocycles. The van der Waals surface area contributed by atoms with Crippen LogP contribution in [0.15, 0.2) is 48.5 Å². The number of carbonyl (C=O) groups excluding carboxylic acids is 2. The molecule has 0 bridgehead atoms. The minimum absolute atomic E-state index is 0.0213. The zero-order valence-corrected chi connectivity index (χ0v) is 19.8. The number of nitrogens with one attached hydrogen (secondary N) is 2. The quantitative estimate of drug-likeness (QED) is 0.626. The number of benzene rings is 2. The number of fused-ring (bicyclic) bond motifs is 1. The van der Waals surface area contributed by atoms with Crippen LogP contribution in [0.4, 0.5) is 18.9 Å². The van der Waals surface area contributed by atoms with Crippen molar-refractivity contribution in [2.75, 3.05) is 19.0 Å². The molecule has 2 aromatic rings. The second kappa shape index (κ2) is 9.89. The van der Waals surface area contributed by atoms with Crippen LogP contribution in [-0.2, 0) is 15.8 Å². The Bertz CT molecular complexity index is 1090. The van der Waals surface area contributed by atoms with E-state index in [0.29, 0.717) is 18.6 Å². The van der Waals surface area contributed by atoms with Crippen LogP contribution in [0.5, 0.6) is 5.75 Å². The van der Waals surface area contributed by atoms with Gasteiger partial charge in [0.1, 0.15) is 5.75 Å². The third-order valence-electron chi connectivity index (χ3n) is 7.02. The first-order valence-electron chi connectivity index (χ1n) is 11.8. The highest BCUT2D eigenvalue weighted by Crippen LogP contribution is 2.45. The van der Waals surface area contributed by atoms with Crippen molar-refractivity contribution in [2.24, 2.45) is 0 Å². The topological polar surface area (TPSA) is 70.7 Å². The number of ether oxygens (including phenoxy) is 1. The average molecular weight is 490 g/mol. The molecule has 35 heavy (non-hydrogen) atoms. The van der Waals surface area contributed by atoms with Gasteiger partial charge in [-0.05, 0) is 56.0 Å². The van der Waals surface area contributed by atoms with Crippen LogP contribution in [0, 0.1) is 0 Å². The first-order valence-corrected chi connectivity index (χ1v) is 11.8. The van der Waals surface area contributed by atoms with Crippen molar-refractivity contribution in [3.05, 3.63) is 59.7 Å². The molecule has 188 valence electrons. The number of para-hydroxylation sites is 1. The Kier molecular flexibility index (Phi) is 7.07. The lowest BCUT2D eigenvalue weighted by atomic mass is 9.85. The average Bonchev–Trinajstić information content (AvgIpc) is 3.05. The second-order valence-corrected chi connectivity index (χ2v) is 9.49. The number of hydrogen-bond donors (Lipinski definition) is 2. The summed E-state index contributed by atoms with van der Waals surface area (Å²) in [6, 6.07) is 12.1. The van der Waals surface area contributed by atoms with Gasteiger partial charge in [0.15, 0.2) is 0 Å². The SMILES string of the molecule is COc1cccc([C@@H]2C[C@]3(C)NC(=O)CCCC[C@@H]3N2CC(=O)Nc2ccccc2C(F)(F)F)c1. The molecule has 2 aromatic carbocycles. The number of halogens is 3. The number of methoxy groups -OCH3 is 1. The van der Waals surface area contributed by atoms with Gasteiger partial charge < -0.3 is 15.4 Å². The number of nitrogens with zero attached hydrogens (tertiary/aromatic N) is 1. The van der Waals surface area contributed by atoms with Crippen molar-refractivity contribution in [1.29, 1.82) is 0 Å². The molecule has 0 aliphatic carbocycles. The Morgan fingerprint density at radius 1 is 1.20 bits per heavy atom. The summed E-state index contributed by atoms with van der Waals surface area (Å²) in [5.41, 5.74) is -0.803. The number of hydrogen-bond acceptors (Lipinski definition) is 4. The fraction of sp³-hybridized carbons (Fsp3) is 0.462. The van der Waals surface area contributed by atoms with E-state index in [0.717, 1.165) is 30.9 Å². The van der Waals surface area contributed by atoms with Gasteiger partial charge >= 0.3 is 6.18 Å². The van der Waals surface area contributed by atoms with Crippen LogP contribution in [0.1, 0.15) is 56.2 Å². The van der Waals surface area contributed by atoms with E-state index in [1.807, 2.05) is 36.1 Å². The molecular weight excluding hydrogens is 459 g/mol. The molecule has 4 rings (SSSR count). The Balaban J connectivity index is 1.65. The summed E-state index contributed by atoms with van der Waals surface area (Å²) in [5.74, 6) is 0.115. The van der Waals surface area contributed by atoms with Gasteiger partial charge in [-0.2, -0.15) is 13.2 Å². The van der Waals surface area contributed by atoms with Crippen molar-refractivity contribution in [1.82, 2.24) is 10.2 Å². The monoisotopic (exact) mass is 489 g/mol. The Morgan fingerprint density at radius 2 is 1.97 bits per heavy atom. The molecule has 6 nitrogen and oxygen atoms in total. The Labute approximate surface area is 202 Å². The number of anilines is 1.